The zero-order chi connectivity index (χ0) is 12.0. The third-order valence-corrected chi connectivity index (χ3v) is 4.31. The van der Waals surface area contributed by atoms with Crippen LogP contribution in [0.5, 0.6) is 0 Å². The first-order valence-electron chi connectivity index (χ1n) is 5.78. The Balaban J connectivity index is 2.33. The fourth-order valence-corrected chi connectivity index (χ4v) is 3.57. The van der Waals surface area contributed by atoms with Crippen molar-refractivity contribution in [2.24, 2.45) is 5.73 Å². The Hall–Kier alpha value is -0.450. The minimum Gasteiger partial charge on any atom is -0.358 e. The lowest BCUT2D eigenvalue weighted by molar-refractivity contribution is -0.105. The lowest BCUT2D eigenvalue weighted by Gasteiger charge is -2.24. The van der Waals surface area contributed by atoms with Crippen LogP contribution in [0.1, 0.15) is 49.7 Å². The van der Waals surface area contributed by atoms with Crippen LogP contribution in [0.3, 0.4) is 0 Å². The maximum Gasteiger partial charge on any atom is 0.107 e. The summed E-state index contributed by atoms with van der Waals surface area (Å²) < 4.78 is 6.03. The quantitative estimate of drug-likeness (QED) is 0.883. The Morgan fingerprint density at radius 3 is 2.50 bits per heavy atom. The number of thiazole rings is 1. The summed E-state index contributed by atoms with van der Waals surface area (Å²) in [4.78, 5) is 6.00. The summed E-state index contributed by atoms with van der Waals surface area (Å²) in [5.41, 5.74) is 6.20. The summed E-state index contributed by atoms with van der Waals surface area (Å²) in [6.45, 7) is 9.14. The summed E-state index contributed by atoms with van der Waals surface area (Å²) >= 11 is 1.78. The molecule has 0 radical (unpaired) electrons. The van der Waals surface area contributed by atoms with Crippen LogP contribution in [0.25, 0.3) is 0 Å². The van der Waals surface area contributed by atoms with Gasteiger partial charge in [0.2, 0.25) is 0 Å². The number of hydrogen-bond donors (Lipinski definition) is 1. The molecule has 0 fully saturated rings. The van der Waals surface area contributed by atoms with E-state index in [2.05, 4.69) is 27.7 Å². The van der Waals surface area contributed by atoms with E-state index in [1.165, 1.54) is 9.88 Å². The van der Waals surface area contributed by atoms with Gasteiger partial charge in [-0.25, -0.2) is 4.98 Å². The molecule has 0 saturated carbocycles. The molecule has 0 saturated heterocycles. The smallest absolute Gasteiger partial charge is 0.107 e. The molecule has 2 heterocycles. The summed E-state index contributed by atoms with van der Waals surface area (Å²) in [6, 6.07) is 0. The normalized spacial score (nSPS) is 21.1. The Morgan fingerprint density at radius 2 is 1.94 bits per heavy atom. The average Bonchev–Trinajstić information content (AvgIpc) is 2.63. The minimum absolute atomic E-state index is 0.197. The van der Waals surface area contributed by atoms with Crippen molar-refractivity contribution >= 4 is 11.3 Å². The van der Waals surface area contributed by atoms with Crippen molar-refractivity contribution in [2.75, 3.05) is 6.54 Å². The Morgan fingerprint density at radius 1 is 1.25 bits per heavy atom. The van der Waals surface area contributed by atoms with Crippen molar-refractivity contribution < 1.29 is 4.74 Å². The number of hydrogen-bond acceptors (Lipinski definition) is 4. The standard InChI is InChI=1S/C12H20N2OS/c1-11(2)9-10(12(3,4)15-11)16-8(14-9)6-5-7-13/h5-7,13H2,1-4H3. The molecule has 1 aliphatic rings. The second-order valence-corrected chi connectivity index (χ2v) is 6.38. The Bertz CT molecular complexity index is 364. The van der Waals surface area contributed by atoms with E-state index >= 15 is 0 Å². The molecule has 2 rings (SSSR count). The number of nitrogens with zero attached hydrogens (tertiary/aromatic N) is 1. The number of fused-ring (bicyclic) bond motifs is 1. The monoisotopic (exact) mass is 240 g/mol. The minimum atomic E-state index is -0.254. The van der Waals surface area contributed by atoms with Crippen LogP contribution in [0.2, 0.25) is 0 Å². The highest BCUT2D eigenvalue weighted by Gasteiger charge is 2.46. The third kappa shape index (κ3) is 1.90. The second-order valence-electron chi connectivity index (χ2n) is 5.30. The first-order valence-corrected chi connectivity index (χ1v) is 6.59. The summed E-state index contributed by atoms with van der Waals surface area (Å²) in [5.74, 6) is 0. The summed E-state index contributed by atoms with van der Waals surface area (Å²) in [5, 5.41) is 1.19. The van der Waals surface area contributed by atoms with E-state index in [4.69, 9.17) is 15.5 Å². The van der Waals surface area contributed by atoms with Gasteiger partial charge in [0.05, 0.1) is 21.2 Å². The molecule has 90 valence electrons. The second kappa shape index (κ2) is 3.79. The highest BCUT2D eigenvalue weighted by molar-refractivity contribution is 7.12. The van der Waals surface area contributed by atoms with E-state index in [1.54, 1.807) is 11.3 Å². The molecule has 1 aromatic heterocycles. The predicted molar refractivity (Wildman–Crippen MR) is 66.6 cm³/mol. The molecule has 0 aromatic carbocycles. The molecule has 0 atom stereocenters. The molecule has 4 heteroatoms. The number of nitrogens with two attached hydrogens (primary N) is 1. The van der Waals surface area contributed by atoms with Crippen LogP contribution in [0, 0.1) is 0 Å². The molecular weight excluding hydrogens is 220 g/mol. The molecule has 0 amide bonds. The molecule has 3 nitrogen and oxygen atoms in total. The van der Waals surface area contributed by atoms with E-state index < -0.39 is 0 Å². The topological polar surface area (TPSA) is 48.1 Å². The van der Waals surface area contributed by atoms with Crippen LogP contribution in [0.4, 0.5) is 0 Å². The molecule has 0 bridgehead atoms. The van der Waals surface area contributed by atoms with Gasteiger partial charge in [-0.2, -0.15) is 0 Å². The van der Waals surface area contributed by atoms with E-state index in [-0.39, 0.29) is 11.2 Å². The van der Waals surface area contributed by atoms with Gasteiger partial charge < -0.3 is 10.5 Å². The van der Waals surface area contributed by atoms with Gasteiger partial charge in [0.15, 0.2) is 0 Å². The number of aryl methyl sites for hydroxylation is 1. The van der Waals surface area contributed by atoms with Crippen molar-refractivity contribution in [1.29, 1.82) is 0 Å². The summed E-state index contributed by atoms with van der Waals surface area (Å²) in [6.07, 6.45) is 1.99. The van der Waals surface area contributed by atoms with Gasteiger partial charge >= 0.3 is 0 Å². The third-order valence-electron chi connectivity index (χ3n) is 2.89. The predicted octanol–water partition coefficient (Wildman–Crippen LogP) is 2.53. The van der Waals surface area contributed by atoms with Gasteiger partial charge in [-0.15, -0.1) is 11.3 Å². The lowest BCUT2D eigenvalue weighted by atomic mass is 10.0. The highest BCUT2D eigenvalue weighted by atomic mass is 32.1. The fourth-order valence-electron chi connectivity index (χ4n) is 2.27. The zero-order valence-electron chi connectivity index (χ0n) is 10.5. The van der Waals surface area contributed by atoms with Crippen molar-refractivity contribution in [2.45, 2.75) is 51.7 Å². The number of ether oxygens (including phenoxy) is 1. The maximum atomic E-state index is 6.03. The highest BCUT2D eigenvalue weighted by Crippen LogP contribution is 2.48. The van der Waals surface area contributed by atoms with E-state index in [0.29, 0.717) is 0 Å². The van der Waals surface area contributed by atoms with E-state index in [0.717, 1.165) is 25.1 Å². The molecular formula is C12H20N2OS. The Labute approximate surface area is 101 Å². The van der Waals surface area contributed by atoms with Crippen LogP contribution in [-0.4, -0.2) is 11.5 Å². The molecule has 16 heavy (non-hydrogen) atoms. The first kappa shape index (κ1) is 12.0. The van der Waals surface area contributed by atoms with E-state index in [9.17, 15) is 0 Å². The molecule has 0 aliphatic carbocycles. The van der Waals surface area contributed by atoms with E-state index in [1.807, 2.05) is 0 Å². The van der Waals surface area contributed by atoms with Gasteiger partial charge in [-0.3, -0.25) is 0 Å². The lowest BCUT2D eigenvalue weighted by Crippen LogP contribution is -2.23. The Kier molecular flexibility index (Phi) is 2.85. The largest absolute Gasteiger partial charge is 0.358 e. The van der Waals surface area contributed by atoms with Crippen LogP contribution in [-0.2, 0) is 22.4 Å². The van der Waals surface area contributed by atoms with Crippen LogP contribution in [0.15, 0.2) is 0 Å². The van der Waals surface area contributed by atoms with Gasteiger partial charge in [0.25, 0.3) is 0 Å². The fraction of sp³-hybridized carbons (Fsp3) is 0.750. The molecule has 1 aromatic rings. The summed E-state index contributed by atoms with van der Waals surface area (Å²) in [7, 11) is 0. The van der Waals surface area contributed by atoms with Gasteiger partial charge in [0.1, 0.15) is 5.60 Å². The SMILES string of the molecule is CC1(C)OC(C)(C)c2sc(CCCN)nc21. The van der Waals surface area contributed by atoms with Crippen molar-refractivity contribution in [1.82, 2.24) is 4.98 Å². The molecule has 1 aliphatic heterocycles. The zero-order valence-corrected chi connectivity index (χ0v) is 11.3. The first-order chi connectivity index (χ1) is 7.37. The average molecular weight is 240 g/mol. The number of rotatable bonds is 3. The van der Waals surface area contributed by atoms with Gasteiger partial charge in [0, 0.05) is 6.42 Å². The number of aromatic nitrogens is 1. The van der Waals surface area contributed by atoms with Gasteiger partial charge in [-0.05, 0) is 40.7 Å². The maximum absolute atomic E-state index is 6.03. The van der Waals surface area contributed by atoms with Crippen molar-refractivity contribution in [3.63, 3.8) is 0 Å². The van der Waals surface area contributed by atoms with Crippen molar-refractivity contribution in [3.05, 3.63) is 15.6 Å². The van der Waals surface area contributed by atoms with Crippen molar-refractivity contribution in [3.8, 4) is 0 Å². The molecule has 2 N–H and O–H groups in total. The van der Waals surface area contributed by atoms with Crippen LogP contribution >= 0.6 is 11.3 Å². The van der Waals surface area contributed by atoms with Gasteiger partial charge in [-0.1, -0.05) is 0 Å². The molecule has 0 unspecified atom stereocenters. The van der Waals surface area contributed by atoms with Crippen LogP contribution < -0.4 is 5.73 Å². The molecule has 0 spiro atoms.